The van der Waals surface area contributed by atoms with Gasteiger partial charge in [0.15, 0.2) is 0 Å². The number of carbonyl (C=O) groups is 3. The maximum absolute atomic E-state index is 11.9. The molecule has 0 unspecified atom stereocenters. The van der Waals surface area contributed by atoms with E-state index >= 15 is 0 Å². The minimum atomic E-state index is -1.12. The van der Waals surface area contributed by atoms with E-state index in [2.05, 4.69) is 10.6 Å². The largest absolute Gasteiger partial charge is 0.480 e. The van der Waals surface area contributed by atoms with Crippen molar-refractivity contribution in [1.29, 1.82) is 0 Å². The molecule has 0 fully saturated rings. The fraction of sp³-hybridized carbons (Fsp3) is 0.357. The van der Waals surface area contributed by atoms with Crippen molar-refractivity contribution in [3.8, 4) is 0 Å². The van der Waals surface area contributed by atoms with Crippen molar-refractivity contribution in [2.24, 2.45) is 0 Å². The lowest BCUT2D eigenvalue weighted by Gasteiger charge is -2.21. The predicted octanol–water partition coefficient (Wildman–Crippen LogP) is 0.864. The molecule has 0 saturated heterocycles. The Morgan fingerprint density at radius 2 is 1.76 bits per heavy atom. The maximum Gasteiger partial charge on any atom is 0.322 e. The molecule has 2 amide bonds. The van der Waals surface area contributed by atoms with Gasteiger partial charge < -0.3 is 20.5 Å². The fourth-order valence-corrected chi connectivity index (χ4v) is 1.34. The lowest BCUT2D eigenvalue weighted by Crippen LogP contribution is -2.38. The summed E-state index contributed by atoms with van der Waals surface area (Å²) >= 11 is 0. The van der Waals surface area contributed by atoms with Crippen molar-refractivity contribution in [1.82, 2.24) is 5.32 Å². The first-order chi connectivity index (χ1) is 9.76. The van der Waals surface area contributed by atoms with Gasteiger partial charge in [0.05, 0.1) is 0 Å². The van der Waals surface area contributed by atoms with Gasteiger partial charge in [0, 0.05) is 18.4 Å². The van der Waals surface area contributed by atoms with Crippen molar-refractivity contribution in [3.63, 3.8) is 0 Å². The van der Waals surface area contributed by atoms with Crippen LogP contribution < -0.4 is 10.6 Å². The van der Waals surface area contributed by atoms with Gasteiger partial charge in [-0.25, -0.2) is 0 Å². The molecule has 114 valence electrons. The molecule has 0 spiro atoms. The molecule has 0 aromatic heterocycles. The number of anilines is 1. The third-order valence-electron chi connectivity index (χ3n) is 2.86. The number of carboxylic acids is 1. The molecule has 0 saturated carbocycles. The van der Waals surface area contributed by atoms with E-state index in [4.69, 9.17) is 9.84 Å². The fourth-order valence-electron chi connectivity index (χ4n) is 1.34. The lowest BCUT2D eigenvalue weighted by molar-refractivity contribution is -0.136. The predicted molar refractivity (Wildman–Crippen MR) is 76.1 cm³/mol. The highest BCUT2D eigenvalue weighted by Gasteiger charge is 2.26. The molecule has 0 aliphatic carbocycles. The molecule has 3 N–H and O–H groups in total. The second kappa shape index (κ2) is 6.85. The van der Waals surface area contributed by atoms with Crippen molar-refractivity contribution in [2.75, 3.05) is 19.0 Å². The van der Waals surface area contributed by atoms with Gasteiger partial charge in [0.25, 0.3) is 11.8 Å². The normalized spacial score (nSPS) is 10.8. The van der Waals surface area contributed by atoms with E-state index in [-0.39, 0.29) is 5.91 Å². The summed E-state index contributed by atoms with van der Waals surface area (Å²) in [4.78, 5) is 33.8. The summed E-state index contributed by atoms with van der Waals surface area (Å²) in [5.74, 6) is -1.92. The van der Waals surface area contributed by atoms with E-state index in [0.29, 0.717) is 11.3 Å². The molecule has 0 atom stereocenters. The van der Waals surface area contributed by atoms with Gasteiger partial charge >= 0.3 is 5.97 Å². The van der Waals surface area contributed by atoms with Crippen molar-refractivity contribution in [3.05, 3.63) is 29.8 Å². The molecular weight excluding hydrogens is 276 g/mol. The SMILES string of the molecule is COC(C)(C)C(=O)Nc1ccc(C(=O)NCC(=O)O)cc1. The molecule has 7 heteroatoms. The Morgan fingerprint density at radius 1 is 1.19 bits per heavy atom. The number of aliphatic carboxylic acids is 1. The first-order valence-electron chi connectivity index (χ1n) is 6.23. The van der Waals surface area contributed by atoms with Crippen LogP contribution in [0.3, 0.4) is 0 Å². The Morgan fingerprint density at radius 3 is 2.24 bits per heavy atom. The van der Waals surface area contributed by atoms with Crippen LogP contribution in [0.2, 0.25) is 0 Å². The molecule has 0 radical (unpaired) electrons. The highest BCUT2D eigenvalue weighted by atomic mass is 16.5. The molecule has 7 nitrogen and oxygen atoms in total. The molecule has 0 bridgehead atoms. The first kappa shape index (κ1) is 16.6. The van der Waals surface area contributed by atoms with Crippen LogP contribution in [0.15, 0.2) is 24.3 Å². The number of ether oxygens (including phenoxy) is 1. The third kappa shape index (κ3) is 4.88. The molecule has 1 aromatic rings. The van der Waals surface area contributed by atoms with Gasteiger partial charge in [-0.2, -0.15) is 0 Å². The first-order valence-corrected chi connectivity index (χ1v) is 6.23. The van der Waals surface area contributed by atoms with Crippen LogP contribution in [0.4, 0.5) is 5.69 Å². The summed E-state index contributed by atoms with van der Waals surface area (Å²) in [6, 6.07) is 6.10. The zero-order valence-corrected chi connectivity index (χ0v) is 12.1. The molecule has 1 rings (SSSR count). The van der Waals surface area contributed by atoms with Crippen LogP contribution in [0.1, 0.15) is 24.2 Å². The maximum atomic E-state index is 11.9. The number of nitrogens with one attached hydrogen (secondary N) is 2. The summed E-state index contributed by atoms with van der Waals surface area (Å²) < 4.78 is 5.06. The number of methoxy groups -OCH3 is 1. The molecule has 0 heterocycles. The van der Waals surface area contributed by atoms with Gasteiger partial charge in [0.2, 0.25) is 0 Å². The van der Waals surface area contributed by atoms with Crippen LogP contribution in [0.25, 0.3) is 0 Å². The number of hydrogen-bond donors (Lipinski definition) is 3. The Bertz CT molecular complexity index is 537. The van der Waals surface area contributed by atoms with Crippen LogP contribution >= 0.6 is 0 Å². The standard InChI is InChI=1S/C14H18N2O5/c1-14(2,21-3)13(20)16-10-6-4-9(5-7-10)12(19)15-8-11(17)18/h4-7H,8H2,1-3H3,(H,15,19)(H,16,20)(H,17,18). The van der Waals surface area contributed by atoms with Crippen LogP contribution in [-0.4, -0.2) is 42.1 Å². The van der Waals surface area contributed by atoms with Crippen molar-refractivity contribution < 1.29 is 24.2 Å². The second-order valence-corrected chi connectivity index (χ2v) is 4.82. The lowest BCUT2D eigenvalue weighted by atomic mass is 10.1. The number of benzene rings is 1. The monoisotopic (exact) mass is 294 g/mol. The highest BCUT2D eigenvalue weighted by molar-refractivity contribution is 5.98. The van der Waals surface area contributed by atoms with Gasteiger partial charge in [-0.3, -0.25) is 14.4 Å². The van der Waals surface area contributed by atoms with Crippen LogP contribution in [-0.2, 0) is 14.3 Å². The highest BCUT2D eigenvalue weighted by Crippen LogP contribution is 2.14. The van der Waals surface area contributed by atoms with Gasteiger partial charge in [-0.1, -0.05) is 0 Å². The summed E-state index contributed by atoms with van der Waals surface area (Å²) in [5, 5.41) is 13.4. The van der Waals surface area contributed by atoms with E-state index < -0.39 is 24.0 Å². The van der Waals surface area contributed by atoms with Gasteiger partial charge in [-0.15, -0.1) is 0 Å². The second-order valence-electron chi connectivity index (χ2n) is 4.82. The number of rotatable bonds is 6. The van der Waals surface area contributed by atoms with E-state index in [1.807, 2.05) is 0 Å². The Hall–Kier alpha value is -2.41. The van der Waals surface area contributed by atoms with Crippen LogP contribution in [0, 0.1) is 0 Å². The summed E-state index contributed by atoms with van der Waals surface area (Å²) in [6.07, 6.45) is 0. The topological polar surface area (TPSA) is 105 Å². The average molecular weight is 294 g/mol. The Balaban J connectivity index is 2.68. The summed E-state index contributed by atoms with van der Waals surface area (Å²) in [5.41, 5.74) is -0.141. The van der Waals surface area contributed by atoms with E-state index in [1.165, 1.54) is 19.2 Å². The third-order valence-corrected chi connectivity index (χ3v) is 2.86. The molecule has 0 aliphatic rings. The van der Waals surface area contributed by atoms with Crippen LogP contribution in [0.5, 0.6) is 0 Å². The Kier molecular flexibility index (Phi) is 5.43. The number of carbonyl (C=O) groups excluding carboxylic acids is 2. The zero-order chi connectivity index (χ0) is 16.0. The van der Waals surface area contributed by atoms with Gasteiger partial charge in [0.1, 0.15) is 12.1 Å². The molecule has 21 heavy (non-hydrogen) atoms. The van der Waals surface area contributed by atoms with E-state index in [0.717, 1.165) is 0 Å². The molecular formula is C14H18N2O5. The summed E-state index contributed by atoms with van der Waals surface area (Å²) in [7, 11) is 1.44. The molecule has 1 aromatic carbocycles. The average Bonchev–Trinajstić information content (AvgIpc) is 2.45. The molecule has 0 aliphatic heterocycles. The quantitative estimate of drug-likeness (QED) is 0.722. The van der Waals surface area contributed by atoms with E-state index in [1.54, 1.807) is 26.0 Å². The zero-order valence-electron chi connectivity index (χ0n) is 12.1. The minimum Gasteiger partial charge on any atom is -0.480 e. The minimum absolute atomic E-state index is 0.306. The number of amides is 2. The number of carboxylic acid groups (broad SMARTS) is 1. The number of hydrogen-bond acceptors (Lipinski definition) is 4. The van der Waals surface area contributed by atoms with Crippen molar-refractivity contribution >= 4 is 23.5 Å². The Labute approximate surface area is 122 Å². The van der Waals surface area contributed by atoms with E-state index in [9.17, 15) is 14.4 Å². The summed E-state index contributed by atoms with van der Waals surface area (Å²) in [6.45, 7) is 2.82. The van der Waals surface area contributed by atoms with Crippen molar-refractivity contribution in [2.45, 2.75) is 19.4 Å². The smallest absolute Gasteiger partial charge is 0.322 e. The van der Waals surface area contributed by atoms with Gasteiger partial charge in [-0.05, 0) is 38.1 Å².